The number of rotatable bonds is 4. The first kappa shape index (κ1) is 17.4. The van der Waals surface area contributed by atoms with Crippen LogP contribution in [0.25, 0.3) is 11.1 Å². The molecule has 3 N–H and O–H groups in total. The molecule has 2 heterocycles. The van der Waals surface area contributed by atoms with E-state index in [-0.39, 0.29) is 5.91 Å². The fourth-order valence-electron chi connectivity index (χ4n) is 3.41. The lowest BCUT2D eigenvalue weighted by molar-refractivity contribution is 0.0236. The van der Waals surface area contributed by atoms with Crippen LogP contribution < -0.4 is 5.73 Å². The normalized spacial score (nSPS) is 20.2. The number of carbonyl (C=O) groups excluding carboxylic acids is 1. The molecule has 1 unspecified atom stereocenters. The molecule has 132 valence electrons. The highest BCUT2D eigenvalue weighted by molar-refractivity contribution is 5.96. The molecule has 6 nitrogen and oxygen atoms in total. The van der Waals surface area contributed by atoms with Crippen LogP contribution in [0.5, 0.6) is 0 Å². The first-order valence-corrected chi connectivity index (χ1v) is 8.35. The van der Waals surface area contributed by atoms with Crippen molar-refractivity contribution in [1.29, 1.82) is 0 Å². The summed E-state index contributed by atoms with van der Waals surface area (Å²) in [6.07, 6.45) is 2.23. The van der Waals surface area contributed by atoms with Crippen molar-refractivity contribution in [2.24, 2.45) is 0 Å². The zero-order valence-electron chi connectivity index (χ0n) is 14.6. The molecule has 0 spiro atoms. The van der Waals surface area contributed by atoms with Crippen LogP contribution in [-0.2, 0) is 0 Å². The van der Waals surface area contributed by atoms with Gasteiger partial charge in [-0.1, -0.05) is 12.1 Å². The standard InChI is InChI=1S/C19H24N4O2/c1-22(2)12-19(25)8-10-23(13-19)18(24)15-6-3-5-14(11-15)16-7-4-9-21-17(16)20/h3-7,9,11,25H,8,10,12-13H2,1-2H3,(H2,20,21). The van der Waals surface area contributed by atoms with Gasteiger partial charge in [0, 0.05) is 30.4 Å². The lowest BCUT2D eigenvalue weighted by atomic mass is 10.0. The van der Waals surface area contributed by atoms with Gasteiger partial charge in [0.05, 0.1) is 12.1 Å². The topological polar surface area (TPSA) is 82.7 Å². The van der Waals surface area contributed by atoms with Crippen LogP contribution in [0.2, 0.25) is 0 Å². The van der Waals surface area contributed by atoms with Crippen LogP contribution in [0.15, 0.2) is 42.6 Å². The Hall–Kier alpha value is -2.44. The molecule has 1 amide bonds. The lowest BCUT2D eigenvalue weighted by Gasteiger charge is -2.26. The van der Waals surface area contributed by atoms with Crippen LogP contribution >= 0.6 is 0 Å². The van der Waals surface area contributed by atoms with Crippen LogP contribution in [0.1, 0.15) is 16.8 Å². The minimum atomic E-state index is -0.843. The number of nitrogens with two attached hydrogens (primary N) is 1. The molecule has 0 bridgehead atoms. The monoisotopic (exact) mass is 340 g/mol. The number of likely N-dealkylation sites (N-methyl/N-ethyl adjacent to an activating group) is 1. The SMILES string of the molecule is CN(C)CC1(O)CCN(C(=O)c2cccc(-c3cccnc3N)c2)C1. The molecule has 1 aliphatic rings. The number of nitrogens with zero attached hydrogens (tertiary/aromatic N) is 3. The van der Waals surface area contributed by atoms with Gasteiger partial charge in [-0.2, -0.15) is 0 Å². The number of anilines is 1. The number of amides is 1. The third kappa shape index (κ3) is 3.81. The molecule has 6 heteroatoms. The summed E-state index contributed by atoms with van der Waals surface area (Å²) in [4.78, 5) is 20.6. The van der Waals surface area contributed by atoms with Crippen molar-refractivity contribution in [1.82, 2.24) is 14.8 Å². The minimum Gasteiger partial charge on any atom is -0.387 e. The Morgan fingerprint density at radius 3 is 2.88 bits per heavy atom. The number of aliphatic hydroxyl groups is 1. The van der Waals surface area contributed by atoms with Crippen molar-refractivity contribution in [3.05, 3.63) is 48.2 Å². The van der Waals surface area contributed by atoms with Gasteiger partial charge in [0.2, 0.25) is 0 Å². The zero-order valence-corrected chi connectivity index (χ0v) is 14.6. The molecule has 25 heavy (non-hydrogen) atoms. The first-order valence-electron chi connectivity index (χ1n) is 8.35. The summed E-state index contributed by atoms with van der Waals surface area (Å²) in [5.74, 6) is 0.368. The van der Waals surface area contributed by atoms with E-state index in [4.69, 9.17) is 5.73 Å². The fourth-order valence-corrected chi connectivity index (χ4v) is 3.41. The van der Waals surface area contributed by atoms with E-state index in [0.717, 1.165) is 11.1 Å². The molecule has 0 aliphatic carbocycles. The molecule has 1 aliphatic heterocycles. The first-order chi connectivity index (χ1) is 11.9. The molecule has 3 rings (SSSR count). The number of aromatic nitrogens is 1. The van der Waals surface area contributed by atoms with Gasteiger partial charge in [0.25, 0.3) is 5.91 Å². The second-order valence-corrected chi connectivity index (χ2v) is 6.96. The van der Waals surface area contributed by atoms with E-state index in [9.17, 15) is 9.90 Å². The molecule has 1 fully saturated rings. The predicted molar refractivity (Wildman–Crippen MR) is 98.1 cm³/mol. The molecule has 0 radical (unpaired) electrons. The summed E-state index contributed by atoms with van der Waals surface area (Å²) in [6, 6.07) is 11.1. The summed E-state index contributed by atoms with van der Waals surface area (Å²) in [5, 5.41) is 10.6. The number of nitrogen functional groups attached to an aromatic ring is 1. The number of likely N-dealkylation sites (tertiary alicyclic amines) is 1. The average molecular weight is 340 g/mol. The second kappa shape index (κ2) is 6.82. The van der Waals surface area contributed by atoms with Crippen LogP contribution in [0.3, 0.4) is 0 Å². The number of benzene rings is 1. The predicted octanol–water partition coefficient (Wildman–Crippen LogP) is 1.47. The minimum absolute atomic E-state index is 0.0704. The Kier molecular flexibility index (Phi) is 4.74. The summed E-state index contributed by atoms with van der Waals surface area (Å²) < 4.78 is 0. The van der Waals surface area contributed by atoms with Crippen molar-refractivity contribution < 1.29 is 9.90 Å². The Morgan fingerprint density at radius 1 is 1.36 bits per heavy atom. The highest BCUT2D eigenvalue weighted by Crippen LogP contribution is 2.27. The van der Waals surface area contributed by atoms with E-state index < -0.39 is 5.60 Å². The molecule has 2 aromatic rings. The molecular weight excluding hydrogens is 316 g/mol. The summed E-state index contributed by atoms with van der Waals surface area (Å²) in [6.45, 7) is 1.45. The number of pyridine rings is 1. The molecule has 1 aromatic heterocycles. The smallest absolute Gasteiger partial charge is 0.253 e. The van der Waals surface area contributed by atoms with E-state index >= 15 is 0 Å². The van der Waals surface area contributed by atoms with Gasteiger partial charge in [0.15, 0.2) is 0 Å². The van der Waals surface area contributed by atoms with E-state index in [0.29, 0.717) is 37.4 Å². The van der Waals surface area contributed by atoms with E-state index in [1.54, 1.807) is 17.2 Å². The van der Waals surface area contributed by atoms with Crippen molar-refractivity contribution in [3.63, 3.8) is 0 Å². The highest BCUT2D eigenvalue weighted by atomic mass is 16.3. The number of hydrogen-bond acceptors (Lipinski definition) is 5. The highest BCUT2D eigenvalue weighted by Gasteiger charge is 2.38. The third-order valence-corrected chi connectivity index (χ3v) is 4.49. The van der Waals surface area contributed by atoms with E-state index in [2.05, 4.69) is 4.98 Å². The number of carbonyl (C=O) groups is 1. The van der Waals surface area contributed by atoms with Gasteiger partial charge < -0.3 is 20.6 Å². The Balaban J connectivity index is 1.80. The fraction of sp³-hybridized carbons (Fsp3) is 0.368. The van der Waals surface area contributed by atoms with Gasteiger partial charge in [-0.25, -0.2) is 4.98 Å². The second-order valence-electron chi connectivity index (χ2n) is 6.96. The molecule has 0 saturated carbocycles. The molecule has 1 saturated heterocycles. The van der Waals surface area contributed by atoms with Gasteiger partial charge in [0.1, 0.15) is 5.82 Å². The maximum Gasteiger partial charge on any atom is 0.253 e. The maximum absolute atomic E-state index is 12.8. The summed E-state index contributed by atoms with van der Waals surface area (Å²) >= 11 is 0. The summed E-state index contributed by atoms with van der Waals surface area (Å²) in [5.41, 5.74) is 7.36. The van der Waals surface area contributed by atoms with Gasteiger partial charge in [-0.15, -0.1) is 0 Å². The number of hydrogen-bond donors (Lipinski definition) is 2. The summed E-state index contributed by atoms with van der Waals surface area (Å²) in [7, 11) is 3.84. The van der Waals surface area contributed by atoms with Crippen LogP contribution in [0.4, 0.5) is 5.82 Å². The maximum atomic E-state index is 12.8. The number of β-amino-alcohol motifs (C(OH)–C–C–N with tert-alkyl or cyclic N) is 1. The lowest BCUT2D eigenvalue weighted by Crippen LogP contribution is -2.43. The largest absolute Gasteiger partial charge is 0.387 e. The average Bonchev–Trinajstić information content (AvgIpc) is 2.95. The molecule has 1 aromatic carbocycles. The Bertz CT molecular complexity index is 778. The van der Waals surface area contributed by atoms with Crippen molar-refractivity contribution in [3.8, 4) is 11.1 Å². The molecular formula is C19H24N4O2. The quantitative estimate of drug-likeness (QED) is 0.881. The van der Waals surface area contributed by atoms with Gasteiger partial charge >= 0.3 is 0 Å². The van der Waals surface area contributed by atoms with E-state index in [1.807, 2.05) is 49.3 Å². The van der Waals surface area contributed by atoms with Gasteiger partial charge in [-0.3, -0.25) is 4.79 Å². The van der Waals surface area contributed by atoms with Crippen molar-refractivity contribution in [2.75, 3.05) is 39.5 Å². The van der Waals surface area contributed by atoms with E-state index in [1.165, 1.54) is 0 Å². The van der Waals surface area contributed by atoms with Crippen LogP contribution in [0, 0.1) is 0 Å². The van der Waals surface area contributed by atoms with Crippen molar-refractivity contribution >= 4 is 11.7 Å². The van der Waals surface area contributed by atoms with Crippen LogP contribution in [-0.4, -0.2) is 65.1 Å². The molecule has 1 atom stereocenters. The third-order valence-electron chi connectivity index (χ3n) is 4.49. The van der Waals surface area contributed by atoms with Crippen molar-refractivity contribution in [2.45, 2.75) is 12.0 Å². The zero-order chi connectivity index (χ0) is 18.0. The Morgan fingerprint density at radius 2 is 2.16 bits per heavy atom. The Labute approximate surface area is 147 Å². The van der Waals surface area contributed by atoms with Gasteiger partial charge in [-0.05, 0) is 50.3 Å².